The summed E-state index contributed by atoms with van der Waals surface area (Å²) in [6.07, 6.45) is 2.52. The van der Waals surface area contributed by atoms with E-state index in [9.17, 15) is 22.4 Å². The Balaban J connectivity index is 1.21. The third-order valence-electron chi connectivity index (χ3n) is 7.56. The van der Waals surface area contributed by atoms with Crippen molar-refractivity contribution < 1.29 is 22.4 Å². The number of rotatable bonds is 4. The lowest BCUT2D eigenvalue weighted by Gasteiger charge is -2.22. The molecule has 0 bridgehead atoms. The molecule has 0 spiro atoms. The number of halogens is 2. The molecular formula is C29H28BrFN2O4S. The van der Waals surface area contributed by atoms with E-state index >= 15 is 0 Å². The molecular weight excluding hydrogens is 571 g/mol. The summed E-state index contributed by atoms with van der Waals surface area (Å²) in [6, 6.07) is 19.3. The van der Waals surface area contributed by atoms with Crippen LogP contribution in [0, 0.1) is 17.7 Å². The maximum Gasteiger partial charge on any atom is 0.253 e. The number of carbonyl (C=O) groups excluding carboxylic acids is 2. The summed E-state index contributed by atoms with van der Waals surface area (Å²) in [5.74, 6) is -0.673. The van der Waals surface area contributed by atoms with Crippen molar-refractivity contribution in [3.63, 3.8) is 0 Å². The van der Waals surface area contributed by atoms with Gasteiger partial charge in [0.05, 0.1) is 0 Å². The van der Waals surface area contributed by atoms with Crippen molar-refractivity contribution in [1.82, 2.24) is 9.80 Å². The van der Waals surface area contributed by atoms with Gasteiger partial charge in [0.2, 0.25) is 0 Å². The molecule has 0 aromatic heterocycles. The summed E-state index contributed by atoms with van der Waals surface area (Å²) in [5.41, 5.74) is 2.93. The van der Waals surface area contributed by atoms with Crippen LogP contribution in [-0.2, 0) is 9.84 Å². The molecule has 2 amide bonds. The van der Waals surface area contributed by atoms with Gasteiger partial charge < -0.3 is 9.80 Å². The van der Waals surface area contributed by atoms with Gasteiger partial charge in [-0.2, -0.15) is 0 Å². The van der Waals surface area contributed by atoms with Crippen molar-refractivity contribution in [2.45, 2.75) is 17.7 Å². The van der Waals surface area contributed by atoms with Crippen LogP contribution in [-0.4, -0.2) is 62.5 Å². The molecule has 2 fully saturated rings. The number of hydrogen-bond acceptors (Lipinski definition) is 4. The van der Waals surface area contributed by atoms with Crippen molar-refractivity contribution >= 4 is 37.6 Å². The van der Waals surface area contributed by atoms with Gasteiger partial charge in [0, 0.05) is 48.0 Å². The standard InChI is InChI=1S/C29H28BrFN2O4S/c1-38(36,37)27-10-9-22(16-26(27)31)29(35)33-17-23-11-13-32(14-12-24(23)18-33)28(34)20-7-5-19(6-8-20)21-3-2-4-25(30)15-21/h2-10,15-16,23-24H,11-14,17-18H2,1H3/t23-,24+. The molecule has 5 rings (SSSR count). The highest BCUT2D eigenvalue weighted by Crippen LogP contribution is 2.33. The number of benzene rings is 3. The van der Waals surface area contributed by atoms with E-state index in [0.717, 1.165) is 46.8 Å². The largest absolute Gasteiger partial charge is 0.339 e. The first kappa shape index (κ1) is 26.6. The van der Waals surface area contributed by atoms with Crippen LogP contribution in [0.5, 0.6) is 0 Å². The minimum atomic E-state index is -3.70. The smallest absolute Gasteiger partial charge is 0.253 e. The van der Waals surface area contributed by atoms with E-state index < -0.39 is 20.5 Å². The second-order valence-corrected chi connectivity index (χ2v) is 13.0. The van der Waals surface area contributed by atoms with Crippen LogP contribution < -0.4 is 0 Å². The van der Waals surface area contributed by atoms with Crippen LogP contribution in [0.4, 0.5) is 4.39 Å². The summed E-state index contributed by atoms with van der Waals surface area (Å²) >= 11 is 3.49. The fourth-order valence-electron chi connectivity index (χ4n) is 5.49. The fraction of sp³-hybridized carbons (Fsp3) is 0.310. The quantitative estimate of drug-likeness (QED) is 0.409. The number of amides is 2. The molecule has 0 saturated carbocycles. The van der Waals surface area contributed by atoms with Gasteiger partial charge in [-0.25, -0.2) is 12.8 Å². The monoisotopic (exact) mass is 598 g/mol. The molecule has 2 saturated heterocycles. The molecule has 198 valence electrons. The van der Waals surface area contributed by atoms with Gasteiger partial charge >= 0.3 is 0 Å². The first-order valence-corrected chi connectivity index (χ1v) is 15.2. The predicted octanol–water partition coefficient (Wildman–Crippen LogP) is 5.28. The van der Waals surface area contributed by atoms with Crippen molar-refractivity contribution in [2.75, 3.05) is 32.4 Å². The lowest BCUT2D eigenvalue weighted by atomic mass is 9.92. The summed E-state index contributed by atoms with van der Waals surface area (Å²) in [4.78, 5) is 29.5. The number of carbonyl (C=O) groups is 2. The van der Waals surface area contributed by atoms with E-state index in [2.05, 4.69) is 15.9 Å². The van der Waals surface area contributed by atoms with Crippen LogP contribution in [0.1, 0.15) is 33.6 Å². The van der Waals surface area contributed by atoms with Gasteiger partial charge in [0.1, 0.15) is 10.7 Å². The molecule has 2 aliphatic rings. The Morgan fingerprint density at radius 3 is 2.00 bits per heavy atom. The molecule has 3 aromatic rings. The second-order valence-electron chi connectivity index (χ2n) is 10.1. The molecule has 38 heavy (non-hydrogen) atoms. The summed E-state index contributed by atoms with van der Waals surface area (Å²) in [5, 5.41) is 0. The minimum absolute atomic E-state index is 0.0140. The zero-order valence-corrected chi connectivity index (χ0v) is 23.3. The van der Waals surface area contributed by atoms with E-state index in [0.29, 0.717) is 31.7 Å². The molecule has 9 heteroatoms. The van der Waals surface area contributed by atoms with Crippen LogP contribution in [0.15, 0.2) is 76.1 Å². The minimum Gasteiger partial charge on any atom is -0.339 e. The van der Waals surface area contributed by atoms with Crippen LogP contribution in [0.3, 0.4) is 0 Å². The molecule has 0 unspecified atom stereocenters. The zero-order chi connectivity index (χ0) is 27.0. The third-order valence-corrected chi connectivity index (χ3v) is 9.18. The summed E-state index contributed by atoms with van der Waals surface area (Å²) < 4.78 is 38.7. The van der Waals surface area contributed by atoms with Gasteiger partial charge in [-0.3, -0.25) is 9.59 Å². The lowest BCUT2D eigenvalue weighted by Crippen LogP contribution is -2.34. The molecule has 0 aliphatic carbocycles. The highest BCUT2D eigenvalue weighted by atomic mass is 79.9. The predicted molar refractivity (Wildman–Crippen MR) is 147 cm³/mol. The van der Waals surface area contributed by atoms with Crippen molar-refractivity contribution in [3.8, 4) is 11.1 Å². The van der Waals surface area contributed by atoms with E-state index in [1.54, 1.807) is 4.90 Å². The number of sulfone groups is 1. The highest BCUT2D eigenvalue weighted by Gasteiger charge is 2.38. The summed E-state index contributed by atoms with van der Waals surface area (Å²) in [6.45, 7) is 2.32. The normalized spacial score (nSPS) is 19.7. The fourth-order valence-corrected chi connectivity index (χ4v) is 6.62. The lowest BCUT2D eigenvalue weighted by molar-refractivity contribution is 0.0734. The maximum absolute atomic E-state index is 14.3. The number of fused-ring (bicyclic) bond motifs is 1. The average molecular weight is 600 g/mol. The number of hydrogen-bond donors (Lipinski definition) is 0. The summed E-state index contributed by atoms with van der Waals surface area (Å²) in [7, 11) is -3.70. The van der Waals surface area contributed by atoms with Crippen LogP contribution >= 0.6 is 15.9 Å². The molecule has 6 nitrogen and oxygen atoms in total. The average Bonchev–Trinajstić information content (AvgIpc) is 3.20. The molecule has 2 atom stereocenters. The van der Waals surface area contributed by atoms with Gasteiger partial charge in [0.15, 0.2) is 9.84 Å². The topological polar surface area (TPSA) is 74.8 Å². The Hall–Kier alpha value is -3.04. The van der Waals surface area contributed by atoms with E-state index in [1.807, 2.05) is 53.4 Å². The molecule has 0 radical (unpaired) electrons. The Morgan fingerprint density at radius 2 is 1.42 bits per heavy atom. The highest BCUT2D eigenvalue weighted by molar-refractivity contribution is 9.10. The first-order chi connectivity index (χ1) is 18.1. The third kappa shape index (κ3) is 5.54. The number of likely N-dealkylation sites (tertiary alicyclic amines) is 2. The second kappa shape index (κ2) is 10.6. The van der Waals surface area contributed by atoms with Gasteiger partial charge in [-0.05, 0) is 78.3 Å². The Bertz CT molecular complexity index is 1480. The van der Waals surface area contributed by atoms with Gasteiger partial charge in [-0.1, -0.05) is 40.2 Å². The Kier molecular flexibility index (Phi) is 7.42. The maximum atomic E-state index is 14.3. The molecule has 2 heterocycles. The van der Waals surface area contributed by atoms with Crippen LogP contribution in [0.2, 0.25) is 0 Å². The van der Waals surface area contributed by atoms with Crippen molar-refractivity contribution in [2.24, 2.45) is 11.8 Å². The Labute approximate surface area is 230 Å². The first-order valence-electron chi connectivity index (χ1n) is 12.5. The van der Waals surface area contributed by atoms with E-state index in [4.69, 9.17) is 0 Å². The van der Waals surface area contributed by atoms with Crippen molar-refractivity contribution in [3.05, 3.63) is 88.1 Å². The van der Waals surface area contributed by atoms with Gasteiger partial charge in [0.25, 0.3) is 11.8 Å². The molecule has 2 aliphatic heterocycles. The van der Waals surface area contributed by atoms with Crippen LogP contribution in [0.25, 0.3) is 11.1 Å². The SMILES string of the molecule is CS(=O)(=O)c1ccc(C(=O)N2C[C@H]3CCN(C(=O)c4ccc(-c5cccc(Br)c5)cc4)CC[C@H]3C2)cc1F. The van der Waals surface area contributed by atoms with E-state index in [-0.39, 0.29) is 29.2 Å². The number of nitrogens with zero attached hydrogens (tertiary/aromatic N) is 2. The Morgan fingerprint density at radius 1 is 0.816 bits per heavy atom. The van der Waals surface area contributed by atoms with Gasteiger partial charge in [-0.15, -0.1) is 0 Å². The van der Waals surface area contributed by atoms with Crippen molar-refractivity contribution in [1.29, 1.82) is 0 Å². The zero-order valence-electron chi connectivity index (χ0n) is 20.9. The molecule has 0 N–H and O–H groups in total. The van der Waals surface area contributed by atoms with E-state index in [1.165, 1.54) is 6.07 Å². The molecule has 3 aromatic carbocycles.